The maximum atomic E-state index is 11.6. The molecule has 0 bridgehead atoms. The maximum Gasteiger partial charge on any atom is 0.271 e. The lowest BCUT2D eigenvalue weighted by atomic mass is 10.2. The molecule has 104 valence electrons. The minimum absolute atomic E-state index is 0.0668. The van der Waals surface area contributed by atoms with Crippen LogP contribution in [0.5, 0.6) is 0 Å². The number of nitro groups is 1. The summed E-state index contributed by atoms with van der Waals surface area (Å²) in [6, 6.07) is 4.22. The van der Waals surface area contributed by atoms with Gasteiger partial charge in [-0.25, -0.2) is 0 Å². The summed E-state index contributed by atoms with van der Waals surface area (Å²) in [5.74, 6) is -0.112. The van der Waals surface area contributed by atoms with Crippen molar-refractivity contribution in [3.05, 3.63) is 33.3 Å². The Morgan fingerprint density at radius 1 is 1.47 bits per heavy atom. The Balaban J connectivity index is 2.92. The van der Waals surface area contributed by atoms with Crippen LogP contribution in [0.15, 0.2) is 18.2 Å². The van der Waals surface area contributed by atoms with E-state index in [0.717, 1.165) is 0 Å². The van der Waals surface area contributed by atoms with Crippen molar-refractivity contribution in [2.75, 3.05) is 24.5 Å². The molecule has 1 aromatic rings. The van der Waals surface area contributed by atoms with E-state index in [4.69, 9.17) is 11.6 Å². The SMILES string of the molecule is CCNC(=O)CN(CC)c1ccc([N+](=O)[O-])cc1Cl. The normalized spacial score (nSPS) is 10.1. The Bertz CT molecular complexity index is 479. The number of benzene rings is 1. The molecule has 0 aliphatic heterocycles. The molecule has 0 unspecified atom stereocenters. The van der Waals surface area contributed by atoms with Gasteiger partial charge in [0.25, 0.3) is 5.69 Å². The van der Waals surface area contributed by atoms with Crippen molar-refractivity contribution in [3.8, 4) is 0 Å². The van der Waals surface area contributed by atoms with Crippen molar-refractivity contribution >= 4 is 28.9 Å². The molecule has 0 radical (unpaired) electrons. The number of carbonyl (C=O) groups is 1. The topological polar surface area (TPSA) is 75.5 Å². The highest BCUT2D eigenvalue weighted by molar-refractivity contribution is 6.33. The van der Waals surface area contributed by atoms with E-state index in [1.807, 2.05) is 13.8 Å². The van der Waals surface area contributed by atoms with Gasteiger partial charge in [-0.3, -0.25) is 14.9 Å². The molecule has 0 aliphatic carbocycles. The Morgan fingerprint density at radius 2 is 2.16 bits per heavy atom. The number of hydrogen-bond acceptors (Lipinski definition) is 4. The van der Waals surface area contributed by atoms with E-state index in [2.05, 4.69) is 5.32 Å². The van der Waals surface area contributed by atoms with Crippen LogP contribution < -0.4 is 10.2 Å². The molecule has 0 aromatic heterocycles. The summed E-state index contributed by atoms with van der Waals surface area (Å²) < 4.78 is 0. The minimum Gasteiger partial charge on any atom is -0.361 e. The lowest BCUT2D eigenvalue weighted by molar-refractivity contribution is -0.384. The van der Waals surface area contributed by atoms with Gasteiger partial charge in [0.05, 0.1) is 22.2 Å². The van der Waals surface area contributed by atoms with E-state index in [1.165, 1.54) is 12.1 Å². The average molecular weight is 286 g/mol. The van der Waals surface area contributed by atoms with Gasteiger partial charge in [-0.2, -0.15) is 0 Å². The molecule has 19 heavy (non-hydrogen) atoms. The van der Waals surface area contributed by atoms with E-state index in [1.54, 1.807) is 11.0 Å². The van der Waals surface area contributed by atoms with Gasteiger partial charge >= 0.3 is 0 Å². The van der Waals surface area contributed by atoms with Crippen molar-refractivity contribution in [2.45, 2.75) is 13.8 Å². The molecule has 0 saturated carbocycles. The molecule has 1 N–H and O–H groups in total. The Morgan fingerprint density at radius 3 is 2.63 bits per heavy atom. The summed E-state index contributed by atoms with van der Waals surface area (Å²) in [5.41, 5.74) is 0.545. The number of nitrogens with zero attached hydrogens (tertiary/aromatic N) is 2. The average Bonchev–Trinajstić information content (AvgIpc) is 2.36. The van der Waals surface area contributed by atoms with E-state index < -0.39 is 4.92 Å². The fraction of sp³-hybridized carbons (Fsp3) is 0.417. The summed E-state index contributed by atoms with van der Waals surface area (Å²) in [7, 11) is 0. The van der Waals surface area contributed by atoms with Crippen LogP contribution in [0.4, 0.5) is 11.4 Å². The van der Waals surface area contributed by atoms with Gasteiger partial charge in [0.2, 0.25) is 5.91 Å². The monoisotopic (exact) mass is 285 g/mol. The molecular formula is C12H16ClN3O3. The summed E-state index contributed by atoms with van der Waals surface area (Å²) >= 11 is 6.03. The molecule has 1 rings (SSSR count). The van der Waals surface area contributed by atoms with Crippen molar-refractivity contribution < 1.29 is 9.72 Å². The van der Waals surface area contributed by atoms with Gasteiger partial charge in [-0.1, -0.05) is 11.6 Å². The fourth-order valence-electron chi connectivity index (χ4n) is 1.66. The number of nitrogens with one attached hydrogen (secondary N) is 1. The maximum absolute atomic E-state index is 11.6. The number of non-ortho nitro benzene ring substituents is 1. The zero-order valence-corrected chi connectivity index (χ0v) is 11.6. The first kappa shape index (κ1) is 15.2. The molecule has 0 fully saturated rings. The fourth-order valence-corrected chi connectivity index (χ4v) is 1.95. The van der Waals surface area contributed by atoms with Crippen LogP contribution >= 0.6 is 11.6 Å². The van der Waals surface area contributed by atoms with Crippen LogP contribution in [0.25, 0.3) is 0 Å². The highest BCUT2D eigenvalue weighted by Crippen LogP contribution is 2.29. The van der Waals surface area contributed by atoms with Crippen LogP contribution in [0.3, 0.4) is 0 Å². The van der Waals surface area contributed by atoms with Gasteiger partial charge in [0.15, 0.2) is 0 Å². The first-order valence-corrected chi connectivity index (χ1v) is 6.33. The number of carbonyl (C=O) groups excluding carboxylic acids is 1. The van der Waals surface area contributed by atoms with Crippen molar-refractivity contribution in [1.82, 2.24) is 5.32 Å². The van der Waals surface area contributed by atoms with Crippen LogP contribution in [0.2, 0.25) is 5.02 Å². The molecule has 6 nitrogen and oxygen atoms in total. The minimum atomic E-state index is -0.504. The van der Waals surface area contributed by atoms with Crippen LogP contribution in [0.1, 0.15) is 13.8 Å². The van der Waals surface area contributed by atoms with E-state index >= 15 is 0 Å². The molecule has 0 spiro atoms. The van der Waals surface area contributed by atoms with Gasteiger partial charge in [-0.05, 0) is 19.9 Å². The number of rotatable bonds is 6. The van der Waals surface area contributed by atoms with Gasteiger partial charge < -0.3 is 10.2 Å². The second-order valence-corrected chi connectivity index (χ2v) is 4.27. The largest absolute Gasteiger partial charge is 0.361 e. The molecule has 0 atom stereocenters. The number of halogens is 1. The van der Waals surface area contributed by atoms with Crippen LogP contribution in [-0.2, 0) is 4.79 Å². The quantitative estimate of drug-likeness (QED) is 0.642. The van der Waals surface area contributed by atoms with Crippen molar-refractivity contribution in [3.63, 3.8) is 0 Å². The third-order valence-electron chi connectivity index (χ3n) is 2.57. The molecule has 7 heteroatoms. The standard InChI is InChI=1S/C12H16ClN3O3/c1-3-14-12(17)8-15(4-2)11-6-5-9(16(18)19)7-10(11)13/h5-7H,3-4,8H2,1-2H3,(H,14,17). The number of amides is 1. The lowest BCUT2D eigenvalue weighted by Gasteiger charge is -2.23. The molecule has 0 saturated heterocycles. The zero-order chi connectivity index (χ0) is 14.4. The highest BCUT2D eigenvalue weighted by Gasteiger charge is 2.15. The summed E-state index contributed by atoms with van der Waals surface area (Å²) in [4.78, 5) is 23.5. The second-order valence-electron chi connectivity index (χ2n) is 3.86. The van der Waals surface area contributed by atoms with Gasteiger partial charge in [0, 0.05) is 25.2 Å². The van der Waals surface area contributed by atoms with Crippen LogP contribution in [-0.4, -0.2) is 30.5 Å². The molecule has 1 amide bonds. The zero-order valence-electron chi connectivity index (χ0n) is 10.9. The lowest BCUT2D eigenvalue weighted by Crippen LogP contribution is -2.37. The summed E-state index contributed by atoms with van der Waals surface area (Å²) in [6.45, 7) is 5.03. The molecule has 1 aromatic carbocycles. The molecule has 0 aliphatic rings. The second kappa shape index (κ2) is 6.94. The predicted octanol–water partition coefficient (Wildman–Crippen LogP) is 2.21. The number of anilines is 1. The van der Waals surface area contributed by atoms with Gasteiger partial charge in [-0.15, -0.1) is 0 Å². The first-order valence-electron chi connectivity index (χ1n) is 5.95. The third kappa shape index (κ3) is 4.10. The highest BCUT2D eigenvalue weighted by atomic mass is 35.5. The van der Waals surface area contributed by atoms with Gasteiger partial charge in [0.1, 0.15) is 0 Å². The third-order valence-corrected chi connectivity index (χ3v) is 2.88. The van der Waals surface area contributed by atoms with Crippen LogP contribution in [0, 0.1) is 10.1 Å². The summed E-state index contributed by atoms with van der Waals surface area (Å²) in [6.07, 6.45) is 0. The van der Waals surface area contributed by atoms with E-state index in [0.29, 0.717) is 18.8 Å². The number of likely N-dealkylation sites (N-methyl/N-ethyl adjacent to an activating group) is 2. The molecular weight excluding hydrogens is 270 g/mol. The Kier molecular flexibility index (Phi) is 5.57. The number of nitro benzene ring substituents is 1. The predicted molar refractivity (Wildman–Crippen MR) is 74.7 cm³/mol. The smallest absolute Gasteiger partial charge is 0.271 e. The molecule has 0 heterocycles. The van der Waals surface area contributed by atoms with E-state index in [9.17, 15) is 14.9 Å². The Labute approximate surface area is 116 Å². The van der Waals surface area contributed by atoms with E-state index in [-0.39, 0.29) is 23.2 Å². The van der Waals surface area contributed by atoms with Crippen molar-refractivity contribution in [1.29, 1.82) is 0 Å². The Hall–Kier alpha value is -1.82. The first-order chi connectivity index (χ1) is 8.99. The number of hydrogen-bond donors (Lipinski definition) is 1. The summed E-state index contributed by atoms with van der Waals surface area (Å²) in [5, 5.41) is 13.6. The van der Waals surface area contributed by atoms with Crippen molar-refractivity contribution in [2.24, 2.45) is 0 Å².